The van der Waals surface area contributed by atoms with E-state index in [0.29, 0.717) is 48.2 Å². The number of Topliss-reactive ketones (excluding diaryl/α,β-unsaturated/α-hetero) is 2. The molecule has 0 radical (unpaired) electrons. The highest BCUT2D eigenvalue weighted by Crippen LogP contribution is 2.81. The van der Waals surface area contributed by atoms with Crippen molar-refractivity contribution < 1.29 is 9.59 Å². The molecule has 7 fully saturated rings. The molecule has 0 N–H and O–H groups in total. The lowest BCUT2D eigenvalue weighted by atomic mass is 9.39. The van der Waals surface area contributed by atoms with Gasteiger partial charge in [0.15, 0.2) is 0 Å². The van der Waals surface area contributed by atoms with Gasteiger partial charge in [0.2, 0.25) is 0 Å². The Morgan fingerprint density at radius 1 is 1.12 bits per heavy atom. The van der Waals surface area contributed by atoms with Crippen LogP contribution in [0, 0.1) is 39.9 Å². The minimum Gasteiger partial charge on any atom is -0.302 e. The molecule has 7 aliphatic rings. The average molecular weight is 325 g/mol. The Hall–Kier alpha value is -0.960. The Labute approximate surface area is 143 Å². The Morgan fingerprint density at radius 2 is 1.92 bits per heavy atom. The standard InChI is InChI=1S/C21H27NO2/c1-11-6-20-9-15(24)17-19(2)7-13(23)8-21(17)16(20)5-12(11)4-14(20)18(21)22(3)10-19/h12,14,16-18H,1,4-10H2,2-3H3. The van der Waals surface area contributed by atoms with Crippen LogP contribution in [-0.2, 0) is 9.59 Å². The third-order valence-corrected chi connectivity index (χ3v) is 9.45. The fraction of sp³-hybridized carbons (Fsp3) is 0.810. The number of allylic oxidation sites excluding steroid dienone is 1. The van der Waals surface area contributed by atoms with Crippen molar-refractivity contribution in [3.63, 3.8) is 0 Å². The number of nitrogens with zero attached hydrogens (tertiary/aromatic N) is 1. The van der Waals surface area contributed by atoms with Crippen molar-refractivity contribution >= 4 is 11.6 Å². The number of carbonyl (C=O) groups excluding carboxylic acids is 2. The maximum atomic E-state index is 13.5. The van der Waals surface area contributed by atoms with Gasteiger partial charge in [0.25, 0.3) is 0 Å². The Kier molecular flexibility index (Phi) is 2.22. The summed E-state index contributed by atoms with van der Waals surface area (Å²) in [6.45, 7) is 7.54. The molecule has 3 nitrogen and oxygen atoms in total. The summed E-state index contributed by atoms with van der Waals surface area (Å²) < 4.78 is 0. The van der Waals surface area contributed by atoms with Crippen molar-refractivity contribution in [2.24, 2.45) is 39.9 Å². The van der Waals surface area contributed by atoms with Crippen LogP contribution in [-0.4, -0.2) is 36.1 Å². The maximum Gasteiger partial charge on any atom is 0.137 e. The predicted molar refractivity (Wildman–Crippen MR) is 90.2 cm³/mol. The second-order valence-corrected chi connectivity index (χ2v) is 10.5. The van der Waals surface area contributed by atoms with Crippen LogP contribution in [0.5, 0.6) is 0 Å². The van der Waals surface area contributed by atoms with Crippen molar-refractivity contribution in [3.8, 4) is 0 Å². The third-order valence-electron chi connectivity index (χ3n) is 9.45. The zero-order chi connectivity index (χ0) is 16.6. The first-order valence-electron chi connectivity index (χ1n) is 9.74. The molecule has 6 bridgehead atoms. The van der Waals surface area contributed by atoms with E-state index in [1.165, 1.54) is 18.4 Å². The summed E-state index contributed by atoms with van der Waals surface area (Å²) in [5.41, 5.74) is 1.36. The maximum absolute atomic E-state index is 13.5. The Morgan fingerprint density at radius 3 is 2.71 bits per heavy atom. The van der Waals surface area contributed by atoms with E-state index in [2.05, 4.69) is 25.5 Å². The van der Waals surface area contributed by atoms with E-state index in [1.54, 1.807) is 0 Å². The molecule has 3 heteroatoms. The van der Waals surface area contributed by atoms with Crippen LogP contribution >= 0.6 is 0 Å². The van der Waals surface area contributed by atoms with Crippen LogP contribution in [0.2, 0.25) is 0 Å². The first-order chi connectivity index (χ1) is 11.3. The lowest BCUT2D eigenvalue weighted by molar-refractivity contribution is -0.186. The van der Waals surface area contributed by atoms with Crippen molar-refractivity contribution in [1.82, 2.24) is 4.90 Å². The van der Waals surface area contributed by atoms with E-state index >= 15 is 0 Å². The molecule has 24 heavy (non-hydrogen) atoms. The molecule has 8 unspecified atom stereocenters. The number of carbonyl (C=O) groups is 2. The summed E-state index contributed by atoms with van der Waals surface area (Å²) in [6.07, 6.45) is 5.54. The highest BCUT2D eigenvalue weighted by atomic mass is 16.1. The summed E-state index contributed by atoms with van der Waals surface area (Å²) >= 11 is 0. The van der Waals surface area contributed by atoms with E-state index in [0.717, 1.165) is 19.4 Å². The molecule has 8 atom stereocenters. The van der Waals surface area contributed by atoms with E-state index in [1.807, 2.05) is 0 Å². The number of likely N-dealkylation sites (tertiary alicyclic amines) is 1. The topological polar surface area (TPSA) is 37.4 Å². The largest absolute Gasteiger partial charge is 0.302 e. The molecule has 128 valence electrons. The fourth-order valence-corrected chi connectivity index (χ4v) is 9.62. The van der Waals surface area contributed by atoms with E-state index in [-0.39, 0.29) is 22.2 Å². The van der Waals surface area contributed by atoms with Crippen molar-refractivity contribution in [1.29, 1.82) is 0 Å². The lowest BCUT2D eigenvalue weighted by Gasteiger charge is -2.65. The molecule has 7 rings (SSSR count). The minimum absolute atomic E-state index is 0.0491. The van der Waals surface area contributed by atoms with Crippen LogP contribution in [0.4, 0.5) is 0 Å². The molecule has 1 aliphatic heterocycles. The summed E-state index contributed by atoms with van der Waals surface area (Å²) in [5.74, 6) is 2.90. The van der Waals surface area contributed by atoms with Crippen LogP contribution in [0.1, 0.15) is 45.4 Å². The van der Waals surface area contributed by atoms with E-state index < -0.39 is 0 Å². The average Bonchev–Trinajstić information content (AvgIpc) is 2.55. The molecule has 6 saturated carbocycles. The molecular formula is C21H27NO2. The molecular weight excluding hydrogens is 298 g/mol. The predicted octanol–water partition coefficient (Wildman–Crippen LogP) is 2.85. The van der Waals surface area contributed by atoms with Gasteiger partial charge in [-0.1, -0.05) is 19.1 Å². The first kappa shape index (κ1) is 14.2. The quantitative estimate of drug-likeness (QED) is 0.643. The molecule has 0 aromatic rings. The highest BCUT2D eigenvalue weighted by molar-refractivity contribution is 5.92. The fourth-order valence-electron chi connectivity index (χ4n) is 9.62. The number of hydrogen-bond donors (Lipinski definition) is 0. The smallest absolute Gasteiger partial charge is 0.137 e. The number of piperidine rings is 1. The molecule has 1 saturated heterocycles. The molecule has 0 amide bonds. The van der Waals surface area contributed by atoms with Gasteiger partial charge in [-0.15, -0.1) is 0 Å². The molecule has 0 aromatic carbocycles. The van der Waals surface area contributed by atoms with E-state index in [9.17, 15) is 9.59 Å². The molecule has 0 aromatic heterocycles. The number of fused-ring (bicyclic) bond motifs is 1. The van der Waals surface area contributed by atoms with Gasteiger partial charge in [-0.2, -0.15) is 0 Å². The minimum atomic E-state index is -0.132. The molecule has 1 heterocycles. The van der Waals surface area contributed by atoms with Gasteiger partial charge in [0, 0.05) is 43.2 Å². The van der Waals surface area contributed by atoms with Crippen molar-refractivity contribution in [2.45, 2.75) is 51.5 Å². The third kappa shape index (κ3) is 1.20. The first-order valence-corrected chi connectivity index (χ1v) is 9.74. The zero-order valence-corrected chi connectivity index (χ0v) is 14.8. The van der Waals surface area contributed by atoms with Gasteiger partial charge in [-0.25, -0.2) is 0 Å². The lowest BCUT2D eigenvalue weighted by Crippen LogP contribution is -2.69. The van der Waals surface area contributed by atoms with Crippen LogP contribution in [0.3, 0.4) is 0 Å². The number of rotatable bonds is 0. The summed E-state index contributed by atoms with van der Waals surface area (Å²) in [4.78, 5) is 28.9. The summed E-state index contributed by atoms with van der Waals surface area (Å²) in [5, 5.41) is 0. The van der Waals surface area contributed by atoms with Gasteiger partial charge < -0.3 is 4.90 Å². The monoisotopic (exact) mass is 325 g/mol. The molecule has 6 aliphatic carbocycles. The Bertz CT molecular complexity index is 727. The SMILES string of the molecule is C=C1CC23CC(=O)C4C5(C)CC(=O)CC46C(C2CC1CC36)N(C)C5. The van der Waals surface area contributed by atoms with Gasteiger partial charge in [0.1, 0.15) is 11.6 Å². The van der Waals surface area contributed by atoms with E-state index in [4.69, 9.17) is 0 Å². The Balaban J connectivity index is 1.66. The van der Waals surface area contributed by atoms with Crippen molar-refractivity contribution in [2.75, 3.05) is 13.6 Å². The van der Waals surface area contributed by atoms with Gasteiger partial charge in [-0.05, 0) is 54.9 Å². The van der Waals surface area contributed by atoms with Crippen LogP contribution in [0.25, 0.3) is 0 Å². The van der Waals surface area contributed by atoms with Gasteiger partial charge >= 0.3 is 0 Å². The van der Waals surface area contributed by atoms with Crippen LogP contribution < -0.4 is 0 Å². The summed E-state index contributed by atoms with van der Waals surface area (Å²) in [6, 6.07) is 0.453. The second-order valence-electron chi connectivity index (χ2n) is 10.5. The number of hydrogen-bond acceptors (Lipinski definition) is 3. The van der Waals surface area contributed by atoms with Gasteiger partial charge in [0.05, 0.1) is 0 Å². The highest BCUT2D eigenvalue weighted by Gasteiger charge is 2.81. The number of ketones is 2. The van der Waals surface area contributed by atoms with Crippen LogP contribution in [0.15, 0.2) is 12.2 Å². The summed E-state index contributed by atoms with van der Waals surface area (Å²) in [7, 11) is 2.27. The normalized spacial score (nSPS) is 60.8. The van der Waals surface area contributed by atoms with Gasteiger partial charge in [-0.3, -0.25) is 9.59 Å². The zero-order valence-electron chi connectivity index (χ0n) is 14.8. The molecule has 2 spiro atoms. The van der Waals surface area contributed by atoms with Crippen molar-refractivity contribution in [3.05, 3.63) is 12.2 Å². The second kappa shape index (κ2) is 3.75.